The normalized spacial score (nSPS) is 15.5. The zero-order chi connectivity index (χ0) is 19.1. The molecule has 2 aromatic carbocycles. The fourth-order valence-corrected chi connectivity index (χ4v) is 5.35. The van der Waals surface area contributed by atoms with Crippen LogP contribution < -0.4 is 9.88 Å². The van der Waals surface area contributed by atoms with Gasteiger partial charge in [0.1, 0.15) is 10.6 Å². The summed E-state index contributed by atoms with van der Waals surface area (Å²) in [4.78, 5) is 0.00599. The van der Waals surface area contributed by atoms with E-state index in [4.69, 9.17) is 21.5 Å². The number of nitrogens with zero attached hydrogens (tertiary/aromatic N) is 1. The second-order valence-electron chi connectivity index (χ2n) is 5.86. The number of benzene rings is 2. The lowest BCUT2D eigenvalue weighted by molar-refractivity contribution is 0.380. The van der Waals surface area contributed by atoms with Gasteiger partial charge in [0.05, 0.1) is 12.0 Å². The van der Waals surface area contributed by atoms with Crippen molar-refractivity contribution in [1.29, 1.82) is 0 Å². The molecule has 0 saturated carbocycles. The van der Waals surface area contributed by atoms with E-state index >= 15 is 0 Å². The number of hydrogen-bond acceptors (Lipinski definition) is 5. The summed E-state index contributed by atoms with van der Waals surface area (Å²) in [5.74, 6) is 0.0910. The van der Waals surface area contributed by atoms with Gasteiger partial charge in [-0.1, -0.05) is 17.7 Å². The Labute approximate surface area is 157 Å². The summed E-state index contributed by atoms with van der Waals surface area (Å²) in [6, 6.07) is 9.04. The smallest absolute Gasteiger partial charge is 0.243 e. The first-order valence-electron chi connectivity index (χ1n) is 7.61. The number of fused-ring (bicyclic) bond motifs is 1. The van der Waals surface area contributed by atoms with E-state index in [9.17, 15) is 16.8 Å². The molecule has 2 aromatic rings. The van der Waals surface area contributed by atoms with Gasteiger partial charge in [0, 0.05) is 18.1 Å². The molecule has 26 heavy (non-hydrogen) atoms. The molecule has 0 fully saturated rings. The van der Waals surface area contributed by atoms with Crippen LogP contribution in [0.5, 0.6) is 5.75 Å². The SMILES string of the molecule is COc1cc2c(cc1S(N)(=O)=O)CCN(S(=O)(=O)c1cccc(Cl)c1)C2. The number of primary sulfonamides is 1. The molecule has 0 radical (unpaired) electrons. The third kappa shape index (κ3) is 3.58. The molecule has 140 valence electrons. The minimum Gasteiger partial charge on any atom is -0.495 e. The second-order valence-corrected chi connectivity index (χ2v) is 9.77. The van der Waals surface area contributed by atoms with E-state index < -0.39 is 20.0 Å². The van der Waals surface area contributed by atoms with Gasteiger partial charge in [-0.05, 0) is 47.9 Å². The zero-order valence-corrected chi connectivity index (χ0v) is 16.2. The van der Waals surface area contributed by atoms with Crippen molar-refractivity contribution >= 4 is 31.6 Å². The summed E-state index contributed by atoms with van der Waals surface area (Å²) in [6.07, 6.45) is 0.363. The van der Waals surface area contributed by atoms with E-state index in [2.05, 4.69) is 0 Å². The molecule has 0 bridgehead atoms. The van der Waals surface area contributed by atoms with Crippen LogP contribution in [0.1, 0.15) is 11.1 Å². The van der Waals surface area contributed by atoms with Crippen molar-refractivity contribution in [2.24, 2.45) is 5.14 Å². The minimum absolute atomic E-state index is 0.0910. The third-order valence-corrected chi connectivity index (χ3v) is 7.21. The maximum Gasteiger partial charge on any atom is 0.243 e. The molecule has 2 N–H and O–H groups in total. The monoisotopic (exact) mass is 416 g/mol. The van der Waals surface area contributed by atoms with Crippen molar-refractivity contribution < 1.29 is 21.6 Å². The maximum atomic E-state index is 12.9. The van der Waals surface area contributed by atoms with E-state index in [0.29, 0.717) is 17.0 Å². The average molecular weight is 417 g/mol. The van der Waals surface area contributed by atoms with E-state index in [1.165, 1.54) is 35.7 Å². The van der Waals surface area contributed by atoms with Crippen LogP contribution in [0.2, 0.25) is 5.02 Å². The van der Waals surface area contributed by atoms with Gasteiger partial charge < -0.3 is 4.74 Å². The molecule has 7 nitrogen and oxygen atoms in total. The quantitative estimate of drug-likeness (QED) is 0.816. The molecule has 3 rings (SSSR count). The standard InChI is InChI=1S/C16H17ClN2O5S2/c1-24-15-7-12-10-19(6-5-11(12)8-16(15)25(18,20)21)26(22,23)14-4-2-3-13(17)9-14/h2-4,7-9H,5-6,10H2,1H3,(H2,18,20,21). The highest BCUT2D eigenvalue weighted by molar-refractivity contribution is 7.89. The molecule has 0 saturated heterocycles. The van der Waals surface area contributed by atoms with Gasteiger partial charge >= 0.3 is 0 Å². The second kappa shape index (κ2) is 6.82. The molecule has 1 heterocycles. The van der Waals surface area contributed by atoms with Crippen LogP contribution in [0.3, 0.4) is 0 Å². The zero-order valence-electron chi connectivity index (χ0n) is 13.8. The first-order chi connectivity index (χ1) is 12.1. The van der Waals surface area contributed by atoms with E-state index in [1.807, 2.05) is 0 Å². The Morgan fingerprint density at radius 1 is 1.12 bits per heavy atom. The van der Waals surface area contributed by atoms with Crippen molar-refractivity contribution in [3.63, 3.8) is 0 Å². The first-order valence-corrected chi connectivity index (χ1v) is 11.0. The van der Waals surface area contributed by atoms with Gasteiger partial charge in [-0.3, -0.25) is 0 Å². The molecular formula is C16H17ClN2O5S2. The summed E-state index contributed by atoms with van der Waals surface area (Å²) in [7, 11) is -6.33. The third-order valence-electron chi connectivity index (χ3n) is 4.20. The highest BCUT2D eigenvalue weighted by Gasteiger charge is 2.30. The predicted molar refractivity (Wildman–Crippen MR) is 97.1 cm³/mol. The van der Waals surface area contributed by atoms with Gasteiger partial charge in [0.15, 0.2) is 0 Å². The summed E-state index contributed by atoms with van der Waals surface area (Å²) in [6.45, 7) is 0.323. The molecule has 10 heteroatoms. The van der Waals surface area contributed by atoms with Crippen LogP contribution in [0.4, 0.5) is 0 Å². The maximum absolute atomic E-state index is 12.9. The lowest BCUT2D eigenvalue weighted by Crippen LogP contribution is -2.36. The largest absolute Gasteiger partial charge is 0.495 e. The van der Waals surface area contributed by atoms with Crippen LogP contribution >= 0.6 is 11.6 Å². The number of ether oxygens (including phenoxy) is 1. The average Bonchev–Trinajstić information content (AvgIpc) is 2.59. The molecule has 0 atom stereocenters. The van der Waals surface area contributed by atoms with E-state index in [0.717, 1.165) is 5.56 Å². The van der Waals surface area contributed by atoms with E-state index in [-0.39, 0.29) is 28.6 Å². The van der Waals surface area contributed by atoms with Crippen LogP contribution in [0, 0.1) is 0 Å². The predicted octanol–water partition coefficient (Wildman–Crippen LogP) is 1.74. The van der Waals surface area contributed by atoms with Crippen LogP contribution in [-0.4, -0.2) is 34.8 Å². The summed E-state index contributed by atoms with van der Waals surface area (Å²) >= 11 is 5.90. The molecule has 1 aliphatic rings. The molecule has 0 spiro atoms. The number of hydrogen-bond donors (Lipinski definition) is 1. The number of halogens is 1. The Morgan fingerprint density at radius 3 is 2.46 bits per heavy atom. The Kier molecular flexibility index (Phi) is 5.02. The Morgan fingerprint density at radius 2 is 1.85 bits per heavy atom. The highest BCUT2D eigenvalue weighted by Crippen LogP contribution is 2.32. The van der Waals surface area contributed by atoms with Gasteiger partial charge in [-0.25, -0.2) is 22.0 Å². The fourth-order valence-electron chi connectivity index (χ4n) is 2.90. The Bertz CT molecular complexity index is 1070. The summed E-state index contributed by atoms with van der Waals surface area (Å²) in [5.41, 5.74) is 1.40. The lowest BCUT2D eigenvalue weighted by atomic mass is 10.0. The lowest BCUT2D eigenvalue weighted by Gasteiger charge is -2.29. The van der Waals surface area contributed by atoms with Crippen LogP contribution in [-0.2, 0) is 33.0 Å². The molecule has 0 unspecified atom stereocenters. The first kappa shape index (κ1) is 19.1. The number of nitrogens with two attached hydrogens (primary N) is 1. The van der Waals surface area contributed by atoms with Crippen molar-refractivity contribution in [2.45, 2.75) is 22.8 Å². The molecule has 1 aliphatic heterocycles. The Hall–Kier alpha value is -1.65. The van der Waals surface area contributed by atoms with Crippen molar-refractivity contribution in [1.82, 2.24) is 4.31 Å². The molecule has 0 aliphatic carbocycles. The summed E-state index contributed by atoms with van der Waals surface area (Å²) in [5, 5.41) is 5.56. The Balaban J connectivity index is 2.00. The summed E-state index contributed by atoms with van der Waals surface area (Å²) < 4.78 is 55.6. The van der Waals surface area contributed by atoms with Gasteiger partial charge in [-0.2, -0.15) is 4.31 Å². The van der Waals surface area contributed by atoms with Gasteiger partial charge in [-0.15, -0.1) is 0 Å². The number of sulfonamides is 2. The topological polar surface area (TPSA) is 107 Å². The van der Waals surface area contributed by atoms with Crippen LogP contribution in [0.15, 0.2) is 46.2 Å². The van der Waals surface area contributed by atoms with Crippen molar-refractivity contribution in [3.05, 3.63) is 52.5 Å². The number of rotatable bonds is 4. The van der Waals surface area contributed by atoms with Crippen molar-refractivity contribution in [3.8, 4) is 5.75 Å². The molecular weight excluding hydrogens is 400 g/mol. The number of methoxy groups -OCH3 is 1. The molecule has 0 aromatic heterocycles. The van der Waals surface area contributed by atoms with Crippen molar-refractivity contribution in [2.75, 3.05) is 13.7 Å². The van der Waals surface area contributed by atoms with E-state index in [1.54, 1.807) is 12.1 Å². The minimum atomic E-state index is -3.94. The van der Waals surface area contributed by atoms with Gasteiger partial charge in [0.25, 0.3) is 0 Å². The molecule has 0 amide bonds. The van der Waals surface area contributed by atoms with Crippen LogP contribution in [0.25, 0.3) is 0 Å². The fraction of sp³-hybridized carbons (Fsp3) is 0.250. The van der Waals surface area contributed by atoms with Gasteiger partial charge in [0.2, 0.25) is 20.0 Å². The highest BCUT2D eigenvalue weighted by atomic mass is 35.5.